The zero-order valence-electron chi connectivity index (χ0n) is 11.2. The van der Waals surface area contributed by atoms with Gasteiger partial charge in [0, 0.05) is 23.9 Å². The van der Waals surface area contributed by atoms with Crippen molar-refractivity contribution < 1.29 is 19.4 Å². The van der Waals surface area contributed by atoms with Gasteiger partial charge in [0.25, 0.3) is 0 Å². The molecule has 0 spiro atoms. The topological polar surface area (TPSA) is 67.8 Å². The number of rotatable bonds is 8. The van der Waals surface area contributed by atoms with Gasteiger partial charge in [-0.3, -0.25) is 0 Å². The minimum Gasteiger partial charge on any atom is -0.490 e. The van der Waals surface area contributed by atoms with Crippen LogP contribution in [0.1, 0.15) is 13.8 Å². The van der Waals surface area contributed by atoms with Crippen LogP contribution >= 0.6 is 0 Å². The molecule has 0 unspecified atom stereocenters. The zero-order valence-corrected chi connectivity index (χ0v) is 11.2. The van der Waals surface area contributed by atoms with Crippen LogP contribution in [0, 0.1) is 0 Å². The Hall–Kier alpha value is -2.17. The smallest absolute Gasteiger partial charge is 0.332 e. The van der Waals surface area contributed by atoms with Crippen LogP contribution in [0.25, 0.3) is 0 Å². The summed E-state index contributed by atoms with van der Waals surface area (Å²) in [4.78, 5) is 10.6. The van der Waals surface area contributed by atoms with E-state index in [1.54, 1.807) is 12.1 Å². The molecule has 0 aliphatic rings. The van der Waals surface area contributed by atoms with E-state index in [2.05, 4.69) is 11.9 Å². The number of nitrogens with one attached hydrogen (secondary N) is 1. The Balaban J connectivity index is 2.77. The van der Waals surface area contributed by atoms with Crippen molar-refractivity contribution in [2.24, 2.45) is 0 Å². The summed E-state index contributed by atoms with van der Waals surface area (Å²) in [5, 5.41) is 11.7. The van der Waals surface area contributed by atoms with Crippen molar-refractivity contribution in [2.75, 3.05) is 25.1 Å². The van der Waals surface area contributed by atoms with Gasteiger partial charge < -0.3 is 19.9 Å². The Morgan fingerprint density at radius 3 is 2.47 bits per heavy atom. The minimum atomic E-state index is -1.01. The molecule has 0 amide bonds. The SMILES string of the molecule is C=C(CNc1ccc(OCC)c(OCC)c1)C(=O)O. The number of ether oxygens (including phenoxy) is 2. The summed E-state index contributed by atoms with van der Waals surface area (Å²) in [7, 11) is 0. The lowest BCUT2D eigenvalue weighted by atomic mass is 10.2. The van der Waals surface area contributed by atoms with Gasteiger partial charge in [-0.2, -0.15) is 0 Å². The van der Waals surface area contributed by atoms with Crippen molar-refractivity contribution in [1.82, 2.24) is 0 Å². The van der Waals surface area contributed by atoms with Crippen LogP contribution in [0.5, 0.6) is 11.5 Å². The second kappa shape index (κ2) is 7.31. The number of aliphatic carboxylic acids is 1. The van der Waals surface area contributed by atoms with Crippen LogP contribution in [0.15, 0.2) is 30.4 Å². The standard InChI is InChI=1S/C14H19NO4/c1-4-18-12-7-6-11(8-13(12)19-5-2)15-9-10(3)14(16)17/h6-8,15H,3-5,9H2,1-2H3,(H,16,17). The van der Waals surface area contributed by atoms with Crippen LogP contribution in [0.4, 0.5) is 5.69 Å². The maximum absolute atomic E-state index is 10.6. The summed E-state index contributed by atoms with van der Waals surface area (Å²) in [6.45, 7) is 8.52. The first-order valence-corrected chi connectivity index (χ1v) is 6.13. The van der Waals surface area contributed by atoms with Crippen molar-refractivity contribution in [1.29, 1.82) is 0 Å². The molecule has 104 valence electrons. The third kappa shape index (κ3) is 4.54. The first-order valence-electron chi connectivity index (χ1n) is 6.13. The highest BCUT2D eigenvalue weighted by Crippen LogP contribution is 2.30. The van der Waals surface area contributed by atoms with Gasteiger partial charge in [-0.25, -0.2) is 4.79 Å². The normalized spacial score (nSPS) is 9.79. The van der Waals surface area contributed by atoms with E-state index in [0.29, 0.717) is 24.7 Å². The van der Waals surface area contributed by atoms with Crippen LogP contribution in [0.3, 0.4) is 0 Å². The fraction of sp³-hybridized carbons (Fsp3) is 0.357. The van der Waals surface area contributed by atoms with Crippen LogP contribution < -0.4 is 14.8 Å². The molecule has 1 aromatic rings. The van der Waals surface area contributed by atoms with Crippen molar-refractivity contribution in [3.63, 3.8) is 0 Å². The first-order chi connectivity index (χ1) is 9.08. The van der Waals surface area contributed by atoms with Gasteiger partial charge in [-0.05, 0) is 26.0 Å². The number of hydrogen-bond donors (Lipinski definition) is 2. The molecule has 0 aliphatic heterocycles. The fourth-order valence-electron chi connectivity index (χ4n) is 1.45. The Bertz CT molecular complexity index is 457. The lowest BCUT2D eigenvalue weighted by Crippen LogP contribution is -2.11. The molecule has 1 aromatic carbocycles. The number of benzene rings is 1. The third-order valence-corrected chi connectivity index (χ3v) is 2.35. The monoisotopic (exact) mass is 265 g/mol. The molecule has 5 heteroatoms. The van der Waals surface area contributed by atoms with E-state index in [-0.39, 0.29) is 12.1 Å². The molecule has 19 heavy (non-hydrogen) atoms. The summed E-state index contributed by atoms with van der Waals surface area (Å²) < 4.78 is 10.9. The molecular weight excluding hydrogens is 246 g/mol. The summed E-state index contributed by atoms with van der Waals surface area (Å²) in [6.07, 6.45) is 0. The average Bonchev–Trinajstić information content (AvgIpc) is 2.39. The van der Waals surface area contributed by atoms with Crippen molar-refractivity contribution in [2.45, 2.75) is 13.8 Å². The number of carbonyl (C=O) groups is 1. The summed E-state index contributed by atoms with van der Waals surface area (Å²) in [6, 6.07) is 5.38. The van der Waals surface area contributed by atoms with Crippen molar-refractivity contribution >= 4 is 11.7 Å². The number of carboxylic acids is 1. The molecule has 0 fully saturated rings. The molecule has 0 saturated carbocycles. The highest BCUT2D eigenvalue weighted by atomic mass is 16.5. The van der Waals surface area contributed by atoms with E-state index in [0.717, 1.165) is 5.69 Å². The number of carboxylic acid groups (broad SMARTS) is 1. The molecule has 0 bridgehead atoms. The Kier molecular flexibility index (Phi) is 5.73. The molecule has 1 rings (SSSR count). The van der Waals surface area contributed by atoms with E-state index in [4.69, 9.17) is 14.6 Å². The summed E-state index contributed by atoms with van der Waals surface area (Å²) in [5.41, 5.74) is 0.862. The molecular formula is C14H19NO4. The molecule has 0 heterocycles. The van der Waals surface area contributed by atoms with Crippen LogP contribution in [0.2, 0.25) is 0 Å². The van der Waals surface area contributed by atoms with E-state index >= 15 is 0 Å². The summed E-state index contributed by atoms with van der Waals surface area (Å²) in [5.74, 6) is 0.297. The molecule has 2 N–H and O–H groups in total. The number of anilines is 1. The van der Waals surface area contributed by atoms with Crippen LogP contribution in [-0.2, 0) is 4.79 Å². The fourth-order valence-corrected chi connectivity index (χ4v) is 1.45. The maximum Gasteiger partial charge on any atom is 0.332 e. The molecule has 0 radical (unpaired) electrons. The molecule has 0 saturated heterocycles. The van der Waals surface area contributed by atoms with Gasteiger partial charge in [-0.15, -0.1) is 0 Å². The van der Waals surface area contributed by atoms with Gasteiger partial charge in [0.2, 0.25) is 0 Å². The van der Waals surface area contributed by atoms with E-state index < -0.39 is 5.97 Å². The van der Waals surface area contributed by atoms with Gasteiger partial charge in [-0.1, -0.05) is 6.58 Å². The number of hydrogen-bond acceptors (Lipinski definition) is 4. The predicted octanol–water partition coefficient (Wildman–Crippen LogP) is 2.54. The lowest BCUT2D eigenvalue weighted by molar-refractivity contribution is -0.132. The highest BCUT2D eigenvalue weighted by molar-refractivity contribution is 5.86. The van der Waals surface area contributed by atoms with Crippen LogP contribution in [-0.4, -0.2) is 30.8 Å². The molecule has 0 atom stereocenters. The second-order valence-electron chi connectivity index (χ2n) is 3.79. The molecule has 0 aromatic heterocycles. The molecule has 0 aliphatic carbocycles. The Morgan fingerprint density at radius 1 is 1.26 bits per heavy atom. The van der Waals surface area contributed by atoms with E-state index in [9.17, 15) is 4.79 Å². The Labute approximate surface area is 112 Å². The second-order valence-corrected chi connectivity index (χ2v) is 3.79. The van der Waals surface area contributed by atoms with Gasteiger partial charge in [0.1, 0.15) is 0 Å². The maximum atomic E-state index is 10.6. The average molecular weight is 265 g/mol. The highest BCUT2D eigenvalue weighted by Gasteiger charge is 2.07. The van der Waals surface area contributed by atoms with Crippen molar-refractivity contribution in [3.8, 4) is 11.5 Å². The largest absolute Gasteiger partial charge is 0.490 e. The summed E-state index contributed by atoms with van der Waals surface area (Å²) >= 11 is 0. The third-order valence-electron chi connectivity index (χ3n) is 2.35. The predicted molar refractivity (Wildman–Crippen MR) is 74.0 cm³/mol. The lowest BCUT2D eigenvalue weighted by Gasteiger charge is -2.13. The molecule has 5 nitrogen and oxygen atoms in total. The van der Waals surface area contributed by atoms with E-state index in [1.807, 2.05) is 19.9 Å². The quantitative estimate of drug-likeness (QED) is 0.707. The van der Waals surface area contributed by atoms with Gasteiger partial charge >= 0.3 is 5.97 Å². The first kappa shape index (κ1) is 14.9. The van der Waals surface area contributed by atoms with Gasteiger partial charge in [0.15, 0.2) is 11.5 Å². The van der Waals surface area contributed by atoms with Gasteiger partial charge in [0.05, 0.1) is 13.2 Å². The zero-order chi connectivity index (χ0) is 14.3. The van der Waals surface area contributed by atoms with E-state index in [1.165, 1.54) is 0 Å². The van der Waals surface area contributed by atoms with Crippen molar-refractivity contribution in [3.05, 3.63) is 30.4 Å². The Morgan fingerprint density at radius 2 is 1.89 bits per heavy atom. The minimum absolute atomic E-state index is 0.104.